The molecule has 7 nitrogen and oxygen atoms in total. The molecule has 0 radical (unpaired) electrons. The highest BCUT2D eigenvalue weighted by Gasteiger charge is 2.29. The minimum absolute atomic E-state index is 0.0825. The molecule has 0 aliphatic heterocycles. The topological polar surface area (TPSA) is 85.5 Å². The van der Waals surface area contributed by atoms with E-state index in [4.69, 9.17) is 20.9 Å². The number of hydrogen-bond donors (Lipinski definition) is 0. The molecule has 0 atom stereocenters. The summed E-state index contributed by atoms with van der Waals surface area (Å²) in [5.74, 6) is 1.01. The molecule has 4 rings (SSSR count). The number of nitrogens with zero attached hydrogens (tertiary/aromatic N) is 3. The van der Waals surface area contributed by atoms with Gasteiger partial charge in [-0.05, 0) is 35.7 Å². The summed E-state index contributed by atoms with van der Waals surface area (Å²) >= 11 is 7.23. The van der Waals surface area contributed by atoms with E-state index in [2.05, 4.69) is 10.1 Å². The van der Waals surface area contributed by atoms with Gasteiger partial charge in [0.1, 0.15) is 15.5 Å². The first-order valence-corrected chi connectivity index (χ1v) is 11.4. The first-order chi connectivity index (χ1) is 14.4. The predicted octanol–water partition coefficient (Wildman–Crippen LogP) is 4.95. The lowest BCUT2D eigenvalue weighted by Crippen LogP contribution is -2.26. The summed E-state index contributed by atoms with van der Waals surface area (Å²) in [5.41, 5.74) is 1.14. The summed E-state index contributed by atoms with van der Waals surface area (Å²) in [5, 5.41) is 6.18. The number of halogens is 1. The van der Waals surface area contributed by atoms with Crippen molar-refractivity contribution < 1.29 is 17.7 Å². The molecule has 154 valence electrons. The molecule has 0 aliphatic carbocycles. The molecule has 0 bridgehead atoms. The largest absolute Gasteiger partial charge is 0.497 e. The minimum Gasteiger partial charge on any atom is -0.497 e. The third kappa shape index (κ3) is 3.79. The van der Waals surface area contributed by atoms with Gasteiger partial charge in [0.2, 0.25) is 5.82 Å². The smallest absolute Gasteiger partial charge is 0.269 e. The lowest BCUT2D eigenvalue weighted by atomic mass is 10.2. The highest BCUT2D eigenvalue weighted by molar-refractivity contribution is 7.93. The maximum Gasteiger partial charge on any atom is 0.269 e. The van der Waals surface area contributed by atoms with Crippen molar-refractivity contribution in [2.75, 3.05) is 18.5 Å². The summed E-state index contributed by atoms with van der Waals surface area (Å²) < 4.78 is 38.3. The van der Waals surface area contributed by atoms with Gasteiger partial charge in [-0.1, -0.05) is 35.0 Å². The van der Waals surface area contributed by atoms with Crippen LogP contribution in [-0.4, -0.2) is 32.7 Å². The zero-order valence-corrected chi connectivity index (χ0v) is 18.3. The summed E-state index contributed by atoms with van der Waals surface area (Å²) in [6, 6.07) is 15.4. The van der Waals surface area contributed by atoms with E-state index in [1.165, 1.54) is 35.9 Å². The highest BCUT2D eigenvalue weighted by Crippen LogP contribution is 2.36. The Hall–Kier alpha value is -2.88. The van der Waals surface area contributed by atoms with Crippen LogP contribution in [0.5, 0.6) is 5.75 Å². The van der Waals surface area contributed by atoms with Gasteiger partial charge in [0.15, 0.2) is 0 Å². The van der Waals surface area contributed by atoms with Gasteiger partial charge in [-0.3, -0.25) is 4.31 Å². The zero-order chi connectivity index (χ0) is 21.3. The first kappa shape index (κ1) is 20.4. The SMILES string of the molecule is COc1cccc(N(C)S(=O)(=O)c2ccsc2-c2nc(-c3cccc(Cl)c3)no2)c1. The normalized spacial score (nSPS) is 11.4. The maximum absolute atomic E-state index is 13.3. The summed E-state index contributed by atoms with van der Waals surface area (Å²) in [6.07, 6.45) is 0. The van der Waals surface area contributed by atoms with Gasteiger partial charge in [-0.25, -0.2) is 8.42 Å². The van der Waals surface area contributed by atoms with Crippen molar-refractivity contribution in [1.29, 1.82) is 0 Å². The molecule has 4 aromatic rings. The highest BCUT2D eigenvalue weighted by atomic mass is 35.5. The lowest BCUT2D eigenvalue weighted by Gasteiger charge is -2.19. The summed E-state index contributed by atoms with van der Waals surface area (Å²) in [7, 11) is -0.867. The van der Waals surface area contributed by atoms with Crippen molar-refractivity contribution in [3.05, 3.63) is 65.0 Å². The first-order valence-electron chi connectivity index (χ1n) is 8.70. The van der Waals surface area contributed by atoms with Gasteiger partial charge in [0.05, 0.1) is 12.8 Å². The molecular formula is C20H16ClN3O4S2. The van der Waals surface area contributed by atoms with Crippen LogP contribution >= 0.6 is 22.9 Å². The molecule has 0 fully saturated rings. The van der Waals surface area contributed by atoms with Gasteiger partial charge in [0, 0.05) is 23.7 Å². The molecule has 0 aliphatic rings. The third-order valence-corrected chi connectivity index (χ3v) is 7.48. The zero-order valence-electron chi connectivity index (χ0n) is 15.9. The van der Waals surface area contributed by atoms with Crippen LogP contribution < -0.4 is 9.04 Å². The standard InChI is InChI=1S/C20H16ClN3O4S2/c1-24(15-7-4-8-16(12-15)27-2)30(25,26)17-9-10-29-18(17)20-22-19(23-28-20)13-5-3-6-14(21)11-13/h3-12H,1-2H3. The fraction of sp³-hybridized carbons (Fsp3) is 0.100. The number of rotatable bonds is 6. The van der Waals surface area contributed by atoms with Gasteiger partial charge >= 0.3 is 0 Å². The number of thiophene rings is 1. The van der Waals surface area contributed by atoms with E-state index in [1.807, 2.05) is 0 Å². The average molecular weight is 462 g/mol. The maximum atomic E-state index is 13.3. The van der Waals surface area contributed by atoms with Crippen LogP contribution in [0.2, 0.25) is 5.02 Å². The van der Waals surface area contributed by atoms with Crippen molar-refractivity contribution in [3.63, 3.8) is 0 Å². The number of ether oxygens (including phenoxy) is 1. The van der Waals surface area contributed by atoms with Crippen LogP contribution in [0.4, 0.5) is 5.69 Å². The molecule has 10 heteroatoms. The average Bonchev–Trinajstić information content (AvgIpc) is 3.43. The van der Waals surface area contributed by atoms with E-state index in [1.54, 1.807) is 53.9 Å². The van der Waals surface area contributed by atoms with Crippen molar-refractivity contribution in [3.8, 4) is 27.9 Å². The van der Waals surface area contributed by atoms with Crippen LogP contribution in [-0.2, 0) is 10.0 Å². The van der Waals surface area contributed by atoms with E-state index in [-0.39, 0.29) is 10.8 Å². The molecule has 2 aromatic carbocycles. The van der Waals surface area contributed by atoms with E-state index < -0.39 is 10.0 Å². The van der Waals surface area contributed by atoms with Crippen LogP contribution in [0.3, 0.4) is 0 Å². The van der Waals surface area contributed by atoms with Crippen LogP contribution in [0, 0.1) is 0 Å². The molecule has 0 N–H and O–H groups in total. The Kier molecular flexibility index (Phi) is 5.50. The Bertz CT molecular complexity index is 1300. The fourth-order valence-corrected chi connectivity index (χ4v) is 5.50. The lowest BCUT2D eigenvalue weighted by molar-refractivity contribution is 0.415. The minimum atomic E-state index is -3.88. The van der Waals surface area contributed by atoms with E-state index in [0.29, 0.717) is 32.7 Å². The summed E-state index contributed by atoms with van der Waals surface area (Å²) in [6.45, 7) is 0. The van der Waals surface area contributed by atoms with Gasteiger partial charge in [-0.2, -0.15) is 4.98 Å². The van der Waals surface area contributed by atoms with Crippen molar-refractivity contribution in [2.45, 2.75) is 4.90 Å². The van der Waals surface area contributed by atoms with Crippen LogP contribution in [0.25, 0.3) is 22.2 Å². The van der Waals surface area contributed by atoms with E-state index in [0.717, 1.165) is 0 Å². The Balaban J connectivity index is 1.71. The molecule has 0 unspecified atom stereocenters. The predicted molar refractivity (Wildman–Crippen MR) is 117 cm³/mol. The number of sulfonamides is 1. The molecule has 0 amide bonds. The second-order valence-corrected chi connectivity index (χ2v) is 9.51. The van der Waals surface area contributed by atoms with Gasteiger partial charge in [-0.15, -0.1) is 11.3 Å². The van der Waals surface area contributed by atoms with Gasteiger partial charge in [0.25, 0.3) is 15.9 Å². The van der Waals surface area contributed by atoms with Crippen LogP contribution in [0.1, 0.15) is 0 Å². The fourth-order valence-electron chi connectivity index (χ4n) is 2.81. The summed E-state index contributed by atoms with van der Waals surface area (Å²) in [4.78, 5) is 4.82. The Morgan fingerprint density at radius 1 is 1.13 bits per heavy atom. The molecule has 0 saturated carbocycles. The Labute approximate surface area is 182 Å². The van der Waals surface area contributed by atoms with E-state index in [9.17, 15) is 8.42 Å². The Morgan fingerprint density at radius 2 is 1.93 bits per heavy atom. The number of aromatic nitrogens is 2. The second kappa shape index (κ2) is 8.10. The third-order valence-electron chi connectivity index (χ3n) is 4.39. The van der Waals surface area contributed by atoms with Crippen LogP contribution in [0.15, 0.2) is 69.4 Å². The monoisotopic (exact) mass is 461 g/mol. The molecule has 2 heterocycles. The van der Waals surface area contributed by atoms with Crippen molar-refractivity contribution in [1.82, 2.24) is 10.1 Å². The van der Waals surface area contributed by atoms with E-state index >= 15 is 0 Å². The molecule has 0 spiro atoms. The number of anilines is 1. The Morgan fingerprint density at radius 3 is 2.70 bits per heavy atom. The van der Waals surface area contributed by atoms with Crippen molar-refractivity contribution >= 4 is 38.6 Å². The number of methoxy groups -OCH3 is 1. The molecule has 2 aromatic heterocycles. The number of hydrogen-bond acceptors (Lipinski definition) is 7. The second-order valence-electron chi connectivity index (χ2n) is 6.22. The van der Waals surface area contributed by atoms with Crippen molar-refractivity contribution in [2.24, 2.45) is 0 Å². The number of benzene rings is 2. The quantitative estimate of drug-likeness (QED) is 0.403. The van der Waals surface area contributed by atoms with Gasteiger partial charge < -0.3 is 9.26 Å². The molecular weight excluding hydrogens is 446 g/mol. The molecule has 0 saturated heterocycles. The molecule has 30 heavy (non-hydrogen) atoms.